The molecule has 0 saturated carbocycles. The van der Waals surface area contributed by atoms with Crippen molar-refractivity contribution in [1.29, 1.82) is 0 Å². The second kappa shape index (κ2) is 11.0. The van der Waals surface area contributed by atoms with Crippen molar-refractivity contribution in [2.75, 3.05) is 24.1 Å². The first-order valence-corrected chi connectivity index (χ1v) is 14.5. The van der Waals surface area contributed by atoms with Crippen LogP contribution in [0.2, 0.25) is 5.02 Å². The SMILES string of the molecule is O=C(O)C1(CC2CN(S(=O)(=O)c3cccc(C(F)(F)F)c3)c3cc(-c4cc(F)cc(F)c4Cl)ccc3O2)CCOCC1. The first-order valence-electron chi connectivity index (χ1n) is 12.7. The normalized spacial score (nSPS) is 18.7. The summed E-state index contributed by atoms with van der Waals surface area (Å²) < 4.78 is 109. The Morgan fingerprint density at radius 2 is 1.79 bits per heavy atom. The number of aliphatic carboxylic acids is 1. The highest BCUT2D eigenvalue weighted by Crippen LogP contribution is 2.45. The molecule has 0 bridgehead atoms. The molecule has 1 N–H and O–H groups in total. The van der Waals surface area contributed by atoms with Crippen LogP contribution in [0.15, 0.2) is 59.5 Å². The molecule has 224 valence electrons. The fourth-order valence-corrected chi connectivity index (χ4v) is 7.01. The van der Waals surface area contributed by atoms with Gasteiger partial charge in [0.2, 0.25) is 0 Å². The number of anilines is 1. The lowest BCUT2D eigenvalue weighted by Crippen LogP contribution is -2.48. The van der Waals surface area contributed by atoms with E-state index in [1.807, 2.05) is 0 Å². The Morgan fingerprint density at radius 1 is 1.07 bits per heavy atom. The molecule has 0 aromatic heterocycles. The van der Waals surface area contributed by atoms with Crippen LogP contribution < -0.4 is 9.04 Å². The molecular formula is C28H23ClF5NO6S. The van der Waals surface area contributed by atoms with E-state index in [0.717, 1.165) is 28.6 Å². The van der Waals surface area contributed by atoms with Crippen LogP contribution in [0.4, 0.5) is 27.6 Å². The van der Waals surface area contributed by atoms with Gasteiger partial charge in [-0.25, -0.2) is 17.2 Å². The van der Waals surface area contributed by atoms with Gasteiger partial charge in [-0.1, -0.05) is 23.7 Å². The fourth-order valence-electron chi connectivity index (χ4n) is 5.24. The van der Waals surface area contributed by atoms with E-state index in [1.54, 1.807) is 0 Å². The number of rotatable bonds is 6. The molecule has 14 heteroatoms. The molecule has 2 heterocycles. The standard InChI is InChI=1S/C28H23ClF5NO6S/c29-25-21(12-18(30)13-22(25)31)16-4-5-24-23(10-16)35(42(38,39)20-3-1-2-17(11-20)28(32,33)34)15-19(41-24)14-27(26(36)37)6-8-40-9-7-27/h1-5,10-13,19H,6-9,14-15H2,(H,36,37). The number of sulfonamides is 1. The maximum absolute atomic E-state index is 14.2. The van der Waals surface area contributed by atoms with Crippen molar-refractivity contribution in [3.63, 3.8) is 0 Å². The second-order valence-electron chi connectivity index (χ2n) is 10.1. The highest BCUT2D eigenvalue weighted by molar-refractivity contribution is 7.92. The molecule has 1 fully saturated rings. The zero-order valence-electron chi connectivity index (χ0n) is 21.6. The molecule has 0 spiro atoms. The lowest BCUT2D eigenvalue weighted by Gasteiger charge is -2.40. The highest BCUT2D eigenvalue weighted by Gasteiger charge is 2.45. The van der Waals surface area contributed by atoms with Crippen LogP contribution in [0.25, 0.3) is 11.1 Å². The van der Waals surface area contributed by atoms with Crippen molar-refractivity contribution in [1.82, 2.24) is 0 Å². The summed E-state index contributed by atoms with van der Waals surface area (Å²) in [5, 5.41) is 9.61. The van der Waals surface area contributed by atoms with Crippen LogP contribution in [-0.2, 0) is 25.7 Å². The summed E-state index contributed by atoms with van der Waals surface area (Å²) in [5.74, 6) is -3.12. The van der Waals surface area contributed by atoms with Gasteiger partial charge in [-0.15, -0.1) is 0 Å². The van der Waals surface area contributed by atoms with Gasteiger partial charge in [-0.2, -0.15) is 13.2 Å². The van der Waals surface area contributed by atoms with E-state index in [9.17, 15) is 40.3 Å². The molecule has 5 rings (SSSR count). The average molecular weight is 632 g/mol. The van der Waals surface area contributed by atoms with E-state index in [2.05, 4.69) is 0 Å². The van der Waals surface area contributed by atoms with Gasteiger partial charge in [0, 0.05) is 31.3 Å². The number of carboxylic acids is 1. The quantitative estimate of drug-likeness (QED) is 0.246. The van der Waals surface area contributed by atoms with Crippen LogP contribution in [0, 0.1) is 17.0 Å². The predicted octanol–water partition coefficient (Wildman–Crippen LogP) is 6.53. The lowest BCUT2D eigenvalue weighted by atomic mass is 9.75. The molecule has 2 aliphatic heterocycles. The van der Waals surface area contributed by atoms with E-state index >= 15 is 0 Å². The minimum absolute atomic E-state index is 0.0221. The first-order chi connectivity index (χ1) is 19.7. The van der Waals surface area contributed by atoms with Crippen molar-refractivity contribution in [3.05, 3.63) is 76.8 Å². The van der Waals surface area contributed by atoms with Crippen LogP contribution >= 0.6 is 11.6 Å². The molecule has 2 aliphatic rings. The van der Waals surface area contributed by atoms with Gasteiger partial charge in [0.05, 0.1) is 33.1 Å². The third kappa shape index (κ3) is 5.64. The summed E-state index contributed by atoms with van der Waals surface area (Å²) >= 11 is 6.06. The largest absolute Gasteiger partial charge is 0.486 e. The molecular weight excluding hydrogens is 609 g/mol. The summed E-state index contributed by atoms with van der Waals surface area (Å²) in [4.78, 5) is 11.6. The maximum atomic E-state index is 14.2. The van der Waals surface area contributed by atoms with E-state index in [1.165, 1.54) is 18.2 Å². The van der Waals surface area contributed by atoms with Gasteiger partial charge in [0.25, 0.3) is 10.0 Å². The predicted molar refractivity (Wildman–Crippen MR) is 142 cm³/mol. The third-order valence-corrected chi connectivity index (χ3v) is 9.63. The Bertz CT molecular complexity index is 1640. The van der Waals surface area contributed by atoms with Crippen molar-refractivity contribution in [2.24, 2.45) is 5.41 Å². The van der Waals surface area contributed by atoms with Gasteiger partial charge < -0.3 is 14.6 Å². The summed E-state index contributed by atoms with van der Waals surface area (Å²) in [6.45, 7) is -0.0947. The van der Waals surface area contributed by atoms with E-state index in [-0.39, 0.29) is 55.0 Å². The molecule has 0 radical (unpaired) electrons. The number of carbonyl (C=O) groups is 1. The molecule has 42 heavy (non-hydrogen) atoms. The van der Waals surface area contributed by atoms with Crippen LogP contribution in [0.5, 0.6) is 5.75 Å². The van der Waals surface area contributed by atoms with Gasteiger partial charge >= 0.3 is 12.1 Å². The number of halogens is 6. The fraction of sp³-hybridized carbons (Fsp3) is 0.321. The number of carboxylic acid groups (broad SMARTS) is 1. The van der Waals surface area contributed by atoms with Gasteiger partial charge in [-0.05, 0) is 54.8 Å². The van der Waals surface area contributed by atoms with Crippen molar-refractivity contribution < 1.29 is 49.7 Å². The van der Waals surface area contributed by atoms with Gasteiger partial charge in [-0.3, -0.25) is 9.10 Å². The minimum Gasteiger partial charge on any atom is -0.486 e. The Morgan fingerprint density at radius 3 is 2.45 bits per heavy atom. The smallest absolute Gasteiger partial charge is 0.416 e. The van der Waals surface area contributed by atoms with Crippen LogP contribution in [0.1, 0.15) is 24.8 Å². The summed E-state index contributed by atoms with van der Waals surface area (Å²) in [6, 6.07) is 8.70. The monoisotopic (exact) mass is 631 g/mol. The Labute approximate surface area is 242 Å². The van der Waals surface area contributed by atoms with Crippen LogP contribution in [0.3, 0.4) is 0 Å². The summed E-state index contributed by atoms with van der Waals surface area (Å²) in [7, 11) is -4.70. The molecule has 3 aromatic rings. The minimum atomic E-state index is -4.82. The maximum Gasteiger partial charge on any atom is 0.416 e. The topological polar surface area (TPSA) is 93.1 Å². The number of alkyl halides is 3. The average Bonchev–Trinajstić information content (AvgIpc) is 2.94. The van der Waals surface area contributed by atoms with E-state index in [4.69, 9.17) is 21.1 Å². The summed E-state index contributed by atoms with van der Waals surface area (Å²) in [5.41, 5.74) is -2.58. The molecule has 1 atom stereocenters. The Hall–Kier alpha value is -3.42. The molecule has 0 aliphatic carbocycles. The van der Waals surface area contributed by atoms with Crippen LogP contribution in [-0.4, -0.2) is 45.4 Å². The molecule has 3 aromatic carbocycles. The third-order valence-electron chi connectivity index (χ3n) is 7.47. The number of hydrogen-bond acceptors (Lipinski definition) is 5. The number of nitrogens with zero attached hydrogens (tertiary/aromatic N) is 1. The number of fused-ring (bicyclic) bond motifs is 1. The van der Waals surface area contributed by atoms with E-state index < -0.39 is 67.3 Å². The molecule has 1 saturated heterocycles. The van der Waals surface area contributed by atoms with Crippen molar-refractivity contribution >= 4 is 33.3 Å². The molecule has 7 nitrogen and oxygen atoms in total. The van der Waals surface area contributed by atoms with E-state index in [0.29, 0.717) is 12.1 Å². The molecule has 0 amide bonds. The Balaban J connectivity index is 1.63. The lowest BCUT2D eigenvalue weighted by molar-refractivity contribution is -0.157. The number of ether oxygens (including phenoxy) is 2. The molecule has 1 unspecified atom stereocenters. The number of hydrogen-bond donors (Lipinski definition) is 1. The Kier molecular flexibility index (Phi) is 7.88. The zero-order valence-corrected chi connectivity index (χ0v) is 23.2. The van der Waals surface area contributed by atoms with Crippen molar-refractivity contribution in [3.8, 4) is 16.9 Å². The first kappa shape index (κ1) is 30.1. The second-order valence-corrected chi connectivity index (χ2v) is 12.4. The van der Waals surface area contributed by atoms with Gasteiger partial charge in [0.1, 0.15) is 23.5 Å². The zero-order chi connectivity index (χ0) is 30.4. The number of benzene rings is 3. The van der Waals surface area contributed by atoms with Gasteiger partial charge in [0.15, 0.2) is 0 Å². The van der Waals surface area contributed by atoms with Crippen molar-refractivity contribution in [2.45, 2.75) is 36.4 Å². The summed E-state index contributed by atoms with van der Waals surface area (Å²) in [6.07, 6.45) is -5.63. The highest BCUT2D eigenvalue weighted by atomic mass is 35.5.